The molecule has 0 bridgehead atoms. The van der Waals surface area contributed by atoms with Gasteiger partial charge in [0.2, 0.25) is 0 Å². The molecular weight excluding hydrogens is 618 g/mol. The Labute approximate surface area is 276 Å². The molecule has 0 saturated carbocycles. The van der Waals surface area contributed by atoms with Gasteiger partial charge in [-0.2, -0.15) is 0 Å². The molecule has 6 rings (SSSR count). The summed E-state index contributed by atoms with van der Waals surface area (Å²) in [5.74, 6) is 1.08. The van der Waals surface area contributed by atoms with Gasteiger partial charge >= 0.3 is 0 Å². The normalized spacial score (nSPS) is 14.6. The third kappa shape index (κ3) is 5.86. The second-order valence-corrected chi connectivity index (χ2v) is 12.4. The lowest BCUT2D eigenvalue weighted by molar-refractivity contribution is -0.127. The van der Waals surface area contributed by atoms with E-state index in [1.165, 1.54) is 11.3 Å². The molecule has 0 aliphatic carbocycles. The minimum absolute atomic E-state index is 0.153. The molecule has 234 valence electrons. The number of ether oxygens (including phenoxy) is 2. The smallest absolute Gasteiger partial charge is 0.271 e. The van der Waals surface area contributed by atoms with Crippen molar-refractivity contribution in [1.82, 2.24) is 9.47 Å². The zero-order chi connectivity index (χ0) is 32.4. The largest absolute Gasteiger partial charge is 0.496 e. The van der Waals surface area contributed by atoms with Gasteiger partial charge in [0.25, 0.3) is 11.5 Å². The average molecular weight is 652 g/mol. The molecule has 1 aromatic heterocycles. The first-order valence-corrected chi connectivity index (χ1v) is 16.4. The number of thiazole rings is 1. The van der Waals surface area contributed by atoms with Gasteiger partial charge in [-0.15, -0.1) is 0 Å². The Morgan fingerprint density at radius 3 is 2.52 bits per heavy atom. The van der Waals surface area contributed by atoms with Gasteiger partial charge in [0, 0.05) is 29.2 Å². The van der Waals surface area contributed by atoms with E-state index in [9.17, 15) is 9.59 Å². The van der Waals surface area contributed by atoms with Crippen LogP contribution in [-0.2, 0) is 11.4 Å². The van der Waals surface area contributed by atoms with Crippen LogP contribution in [0.2, 0.25) is 5.02 Å². The van der Waals surface area contributed by atoms with Crippen molar-refractivity contribution in [3.63, 3.8) is 0 Å². The Hall–Kier alpha value is -4.66. The number of carbonyl (C=O) groups is 1. The van der Waals surface area contributed by atoms with E-state index in [1.54, 1.807) is 16.6 Å². The molecule has 4 aromatic carbocycles. The van der Waals surface area contributed by atoms with Crippen LogP contribution in [0.5, 0.6) is 11.5 Å². The van der Waals surface area contributed by atoms with Crippen LogP contribution in [0, 0.1) is 0 Å². The first-order valence-electron chi connectivity index (χ1n) is 15.2. The number of allylic oxidation sites excluding steroid dienone is 1. The highest BCUT2D eigenvalue weighted by molar-refractivity contribution is 7.07. The van der Waals surface area contributed by atoms with Crippen molar-refractivity contribution < 1.29 is 14.3 Å². The number of nitrogens with zero attached hydrogens (tertiary/aromatic N) is 3. The molecule has 1 amide bonds. The number of carbonyl (C=O) groups excluding carboxylic acids is 1. The SMILES string of the molecule is CCN(CC)C(=O)C1=C(C)N=c2s/c(=C/c3ccccc3OCc3cccc(Cl)c3)c(=O)n2[C@H]1c1c(OC)ccc2ccccc12. The first-order chi connectivity index (χ1) is 22.3. The second-order valence-electron chi connectivity index (χ2n) is 10.9. The molecule has 0 unspecified atom stereocenters. The molecule has 0 N–H and O–H groups in total. The maximum Gasteiger partial charge on any atom is 0.271 e. The molecule has 1 atom stereocenters. The standard InChI is InChI=1S/C37H34ClN3O4S/c1-5-40(6-2)36(43)32-23(3)39-37-41(34(32)33-28-16-9-7-13-25(28)18-19-30(33)44-4)35(42)31(46-37)21-26-14-8-10-17-29(26)45-22-24-12-11-15-27(38)20-24/h7-21,34H,5-6,22H2,1-4H3/b31-21+/t34-/m1/s1. The number of hydrogen-bond donors (Lipinski definition) is 0. The van der Waals surface area contributed by atoms with Crippen molar-refractivity contribution in [1.29, 1.82) is 0 Å². The van der Waals surface area contributed by atoms with E-state index in [4.69, 9.17) is 26.1 Å². The number of halogens is 1. The second kappa shape index (κ2) is 13.4. The third-order valence-electron chi connectivity index (χ3n) is 8.22. The molecular formula is C37H34ClN3O4S. The summed E-state index contributed by atoms with van der Waals surface area (Å²) in [6, 6.07) is 26.2. The van der Waals surface area contributed by atoms with Crippen LogP contribution >= 0.6 is 22.9 Å². The fraction of sp³-hybridized carbons (Fsp3) is 0.216. The van der Waals surface area contributed by atoms with E-state index in [2.05, 4.69) is 0 Å². The van der Waals surface area contributed by atoms with Crippen molar-refractivity contribution in [2.24, 2.45) is 4.99 Å². The average Bonchev–Trinajstić information content (AvgIpc) is 3.37. The lowest BCUT2D eigenvalue weighted by Gasteiger charge is -2.30. The molecule has 0 saturated heterocycles. The molecule has 7 nitrogen and oxygen atoms in total. The summed E-state index contributed by atoms with van der Waals surface area (Å²) < 4.78 is 14.2. The number of rotatable bonds is 9. The Bertz CT molecular complexity index is 2160. The summed E-state index contributed by atoms with van der Waals surface area (Å²) in [5, 5.41) is 2.53. The fourth-order valence-corrected chi connectivity index (χ4v) is 7.20. The van der Waals surface area contributed by atoms with E-state index >= 15 is 0 Å². The summed E-state index contributed by atoms with van der Waals surface area (Å²) in [5.41, 5.74) is 3.24. The Morgan fingerprint density at radius 1 is 1.00 bits per heavy atom. The van der Waals surface area contributed by atoms with E-state index < -0.39 is 6.04 Å². The zero-order valence-electron chi connectivity index (χ0n) is 26.1. The quantitative estimate of drug-likeness (QED) is 0.183. The van der Waals surface area contributed by atoms with E-state index in [0.29, 0.717) is 56.8 Å². The van der Waals surface area contributed by atoms with Crippen LogP contribution in [0.25, 0.3) is 16.8 Å². The topological polar surface area (TPSA) is 73.1 Å². The number of methoxy groups -OCH3 is 1. The van der Waals surface area contributed by atoms with E-state index in [0.717, 1.165) is 27.5 Å². The van der Waals surface area contributed by atoms with Crippen LogP contribution in [0.15, 0.2) is 106 Å². The third-order valence-corrected chi connectivity index (χ3v) is 9.43. The van der Waals surface area contributed by atoms with Gasteiger partial charge in [-0.3, -0.25) is 14.2 Å². The lowest BCUT2D eigenvalue weighted by Crippen LogP contribution is -2.43. The number of aromatic nitrogens is 1. The maximum atomic E-state index is 14.5. The summed E-state index contributed by atoms with van der Waals surface area (Å²) in [7, 11) is 1.61. The minimum atomic E-state index is -0.748. The predicted molar refractivity (Wildman–Crippen MR) is 184 cm³/mol. The molecule has 0 fully saturated rings. The molecule has 46 heavy (non-hydrogen) atoms. The molecule has 2 heterocycles. The van der Waals surface area contributed by atoms with Crippen LogP contribution in [0.1, 0.15) is 43.5 Å². The first kappa shape index (κ1) is 31.3. The van der Waals surface area contributed by atoms with Crippen molar-refractivity contribution >= 4 is 45.7 Å². The Balaban J connectivity index is 1.54. The molecule has 0 spiro atoms. The van der Waals surface area contributed by atoms with Crippen molar-refractivity contribution in [3.05, 3.63) is 138 Å². The van der Waals surface area contributed by atoms with Gasteiger partial charge in [0.05, 0.1) is 22.9 Å². The molecule has 9 heteroatoms. The molecule has 0 radical (unpaired) electrons. The summed E-state index contributed by atoms with van der Waals surface area (Å²) in [6.07, 6.45) is 1.83. The van der Waals surface area contributed by atoms with Crippen LogP contribution in [0.4, 0.5) is 0 Å². The highest BCUT2D eigenvalue weighted by Crippen LogP contribution is 2.40. The minimum Gasteiger partial charge on any atom is -0.496 e. The van der Waals surface area contributed by atoms with Gasteiger partial charge in [-0.25, -0.2) is 4.99 Å². The lowest BCUT2D eigenvalue weighted by atomic mass is 9.90. The highest BCUT2D eigenvalue weighted by Gasteiger charge is 2.36. The summed E-state index contributed by atoms with van der Waals surface area (Å²) in [4.78, 5) is 35.8. The van der Waals surface area contributed by atoms with E-state index in [1.807, 2.05) is 112 Å². The monoisotopic (exact) mass is 651 g/mol. The number of amides is 1. The van der Waals surface area contributed by atoms with E-state index in [-0.39, 0.29) is 11.5 Å². The highest BCUT2D eigenvalue weighted by atomic mass is 35.5. The van der Waals surface area contributed by atoms with Crippen molar-refractivity contribution in [2.75, 3.05) is 20.2 Å². The zero-order valence-corrected chi connectivity index (χ0v) is 27.7. The van der Waals surface area contributed by atoms with Gasteiger partial charge in [0.15, 0.2) is 4.80 Å². The summed E-state index contributed by atoms with van der Waals surface area (Å²) >= 11 is 7.46. The Kier molecular flexibility index (Phi) is 9.10. The maximum absolute atomic E-state index is 14.5. The molecule has 1 aliphatic rings. The predicted octanol–water partition coefficient (Wildman–Crippen LogP) is 6.50. The Morgan fingerprint density at radius 2 is 1.76 bits per heavy atom. The summed E-state index contributed by atoms with van der Waals surface area (Å²) in [6.45, 7) is 7.13. The van der Waals surface area contributed by atoms with Crippen molar-refractivity contribution in [3.8, 4) is 11.5 Å². The van der Waals surface area contributed by atoms with Crippen molar-refractivity contribution in [2.45, 2.75) is 33.4 Å². The van der Waals surface area contributed by atoms with Gasteiger partial charge in [-0.1, -0.05) is 83.6 Å². The van der Waals surface area contributed by atoms with Gasteiger partial charge < -0.3 is 14.4 Å². The van der Waals surface area contributed by atoms with Crippen LogP contribution in [0.3, 0.4) is 0 Å². The molecule has 1 aliphatic heterocycles. The number of para-hydroxylation sites is 1. The number of hydrogen-bond acceptors (Lipinski definition) is 6. The number of likely N-dealkylation sites (N-methyl/N-ethyl adjacent to an activating group) is 1. The van der Waals surface area contributed by atoms with Crippen LogP contribution in [-0.4, -0.2) is 35.6 Å². The fourth-order valence-electron chi connectivity index (χ4n) is 5.95. The van der Waals surface area contributed by atoms with Gasteiger partial charge in [0.1, 0.15) is 24.1 Å². The van der Waals surface area contributed by atoms with Gasteiger partial charge in [-0.05, 0) is 67.4 Å². The van der Waals surface area contributed by atoms with Crippen LogP contribution < -0.4 is 24.4 Å². The molecule has 5 aromatic rings. The number of benzene rings is 4. The number of fused-ring (bicyclic) bond motifs is 2.